The molecule has 0 saturated heterocycles. The van der Waals surface area contributed by atoms with Crippen LogP contribution in [-0.2, 0) is 20.7 Å². The molecule has 182 valence electrons. The van der Waals surface area contributed by atoms with Crippen LogP contribution in [0.25, 0.3) is 0 Å². The van der Waals surface area contributed by atoms with E-state index in [0.717, 1.165) is 16.9 Å². The van der Waals surface area contributed by atoms with Crippen LogP contribution in [0.2, 0.25) is 0 Å². The minimum atomic E-state index is -0.690. The Morgan fingerprint density at radius 1 is 0.861 bits per heavy atom. The number of nitrogens with zero attached hydrogens (tertiary/aromatic N) is 1. The van der Waals surface area contributed by atoms with Gasteiger partial charge in [-0.2, -0.15) is 0 Å². The maximum absolute atomic E-state index is 13.0. The summed E-state index contributed by atoms with van der Waals surface area (Å²) in [6.45, 7) is 0.498. The van der Waals surface area contributed by atoms with E-state index in [0.29, 0.717) is 17.8 Å². The highest BCUT2D eigenvalue weighted by molar-refractivity contribution is 6.53. The van der Waals surface area contributed by atoms with E-state index in [1.165, 1.54) is 31.4 Å². The quantitative estimate of drug-likeness (QED) is 0.357. The Hall–Kier alpha value is -4.43. The summed E-state index contributed by atoms with van der Waals surface area (Å²) < 4.78 is 4.65. The van der Waals surface area contributed by atoms with E-state index < -0.39 is 17.8 Å². The number of carbonyl (C=O) groups is 4. The van der Waals surface area contributed by atoms with Crippen LogP contribution in [0.5, 0.6) is 0 Å². The Kier molecular flexibility index (Phi) is 7.46. The summed E-state index contributed by atoms with van der Waals surface area (Å²) in [5, 5.41) is 5.48. The average Bonchev–Trinajstić information content (AvgIpc) is 3.12. The Bertz CT molecular complexity index is 1340. The lowest BCUT2D eigenvalue weighted by Gasteiger charge is -2.15. The molecule has 0 unspecified atom stereocenters. The molecule has 0 saturated carbocycles. The highest BCUT2D eigenvalue weighted by Gasteiger charge is 2.39. The van der Waals surface area contributed by atoms with E-state index in [9.17, 15) is 19.2 Å². The fourth-order valence-corrected chi connectivity index (χ4v) is 3.84. The second-order valence-corrected chi connectivity index (χ2v) is 8.24. The largest absolute Gasteiger partial charge is 0.465 e. The number of carbonyl (C=O) groups excluding carboxylic acids is 4. The summed E-state index contributed by atoms with van der Waals surface area (Å²) in [7, 11) is 1.26. The Morgan fingerprint density at radius 3 is 2.14 bits per heavy atom. The number of ether oxygens (including phenoxy) is 1. The normalized spacial score (nSPS) is 13.1. The molecule has 8 nitrogen and oxygen atoms in total. The van der Waals surface area contributed by atoms with Crippen LogP contribution in [0.15, 0.2) is 89.6 Å². The Morgan fingerprint density at radius 2 is 1.50 bits per heavy atom. The molecule has 1 heterocycles. The first-order valence-corrected chi connectivity index (χ1v) is 11.4. The summed E-state index contributed by atoms with van der Waals surface area (Å²) >= 11 is 6.18. The zero-order valence-corrected chi connectivity index (χ0v) is 20.0. The van der Waals surface area contributed by atoms with Crippen LogP contribution in [0.3, 0.4) is 0 Å². The summed E-state index contributed by atoms with van der Waals surface area (Å²) in [4.78, 5) is 50.6. The number of hydrogen-bond donors (Lipinski definition) is 2. The van der Waals surface area contributed by atoms with E-state index in [1.807, 2.05) is 30.3 Å². The number of amides is 3. The van der Waals surface area contributed by atoms with Crippen molar-refractivity contribution in [2.45, 2.75) is 6.42 Å². The summed E-state index contributed by atoms with van der Waals surface area (Å²) in [6, 6.07) is 22.1. The van der Waals surface area contributed by atoms with E-state index in [2.05, 4.69) is 15.4 Å². The van der Waals surface area contributed by atoms with Crippen LogP contribution < -0.4 is 15.5 Å². The number of nitrogens with one attached hydrogen (secondary N) is 2. The standard InChI is InChI=1S/C27H22ClN3O5/c1-36-27(35)19-9-13-21(14-10-19)31-25(33)22(28)23(26(31)34)30-20-11-7-18(8-12-20)24(32)29-16-15-17-5-3-2-4-6-17/h2-14,30H,15-16H2,1H3,(H,29,32). The number of benzene rings is 3. The van der Waals surface area contributed by atoms with Gasteiger partial charge in [-0.25, -0.2) is 9.69 Å². The minimum absolute atomic E-state index is 0.0845. The van der Waals surface area contributed by atoms with E-state index >= 15 is 0 Å². The zero-order valence-electron chi connectivity index (χ0n) is 19.3. The highest BCUT2D eigenvalue weighted by atomic mass is 35.5. The molecule has 0 aliphatic carbocycles. The molecule has 3 aromatic rings. The number of esters is 1. The predicted octanol–water partition coefficient (Wildman–Crippen LogP) is 3.88. The molecule has 0 spiro atoms. The van der Waals surface area contributed by atoms with Crippen LogP contribution in [-0.4, -0.2) is 37.3 Å². The van der Waals surface area contributed by atoms with Gasteiger partial charge >= 0.3 is 5.97 Å². The first kappa shape index (κ1) is 24.7. The number of rotatable bonds is 8. The molecule has 2 N–H and O–H groups in total. The fourth-order valence-electron chi connectivity index (χ4n) is 3.63. The van der Waals surface area contributed by atoms with E-state index in [-0.39, 0.29) is 27.9 Å². The van der Waals surface area contributed by atoms with Gasteiger partial charge in [-0.3, -0.25) is 14.4 Å². The lowest BCUT2D eigenvalue weighted by molar-refractivity contribution is -0.120. The van der Waals surface area contributed by atoms with Crippen molar-refractivity contribution in [3.63, 3.8) is 0 Å². The second-order valence-electron chi connectivity index (χ2n) is 7.87. The first-order chi connectivity index (χ1) is 17.4. The van der Waals surface area contributed by atoms with Gasteiger partial charge in [0.15, 0.2) is 0 Å². The molecule has 0 bridgehead atoms. The average molecular weight is 504 g/mol. The number of imide groups is 1. The van der Waals surface area contributed by atoms with Crippen molar-refractivity contribution in [3.8, 4) is 0 Å². The zero-order chi connectivity index (χ0) is 25.7. The highest BCUT2D eigenvalue weighted by Crippen LogP contribution is 2.30. The van der Waals surface area contributed by atoms with Gasteiger partial charge in [-0.05, 0) is 60.5 Å². The maximum Gasteiger partial charge on any atom is 0.337 e. The van der Waals surface area contributed by atoms with Crippen molar-refractivity contribution in [3.05, 3.63) is 106 Å². The molecule has 1 aliphatic heterocycles. The maximum atomic E-state index is 13.0. The third-order valence-corrected chi connectivity index (χ3v) is 5.88. The summed E-state index contributed by atoms with van der Waals surface area (Å²) in [5.41, 5.74) is 2.52. The van der Waals surface area contributed by atoms with Crippen molar-refractivity contribution in [1.29, 1.82) is 0 Å². The Labute approximate surface area is 212 Å². The lowest BCUT2D eigenvalue weighted by atomic mass is 10.1. The third kappa shape index (κ3) is 5.29. The summed E-state index contributed by atoms with van der Waals surface area (Å²) in [5.74, 6) is -2.08. The molecule has 36 heavy (non-hydrogen) atoms. The molecule has 0 fully saturated rings. The van der Waals surface area contributed by atoms with Gasteiger partial charge in [0.25, 0.3) is 17.7 Å². The van der Waals surface area contributed by atoms with Crippen LogP contribution >= 0.6 is 11.6 Å². The fraction of sp³-hybridized carbons (Fsp3) is 0.111. The van der Waals surface area contributed by atoms with Gasteiger partial charge in [-0.1, -0.05) is 41.9 Å². The predicted molar refractivity (Wildman–Crippen MR) is 136 cm³/mol. The SMILES string of the molecule is COC(=O)c1ccc(N2C(=O)C(Cl)=C(Nc3ccc(C(=O)NCCc4ccccc4)cc3)C2=O)cc1. The lowest BCUT2D eigenvalue weighted by Crippen LogP contribution is -2.32. The van der Waals surface area contributed by atoms with Gasteiger partial charge in [0, 0.05) is 17.8 Å². The molecule has 4 rings (SSSR count). The molecule has 3 aromatic carbocycles. The van der Waals surface area contributed by atoms with Crippen molar-refractivity contribution >= 4 is 46.7 Å². The molecule has 1 aliphatic rings. The van der Waals surface area contributed by atoms with Gasteiger partial charge in [0.05, 0.1) is 18.4 Å². The minimum Gasteiger partial charge on any atom is -0.465 e. The molecule has 0 radical (unpaired) electrons. The van der Waals surface area contributed by atoms with Gasteiger partial charge in [-0.15, -0.1) is 0 Å². The molecular formula is C27H22ClN3O5. The number of anilines is 2. The van der Waals surface area contributed by atoms with Gasteiger partial charge in [0.2, 0.25) is 0 Å². The van der Waals surface area contributed by atoms with Crippen LogP contribution in [0.4, 0.5) is 11.4 Å². The number of halogens is 1. The number of hydrogen-bond acceptors (Lipinski definition) is 6. The van der Waals surface area contributed by atoms with Crippen LogP contribution in [0, 0.1) is 0 Å². The molecule has 9 heteroatoms. The molecule has 0 atom stereocenters. The van der Waals surface area contributed by atoms with E-state index in [4.69, 9.17) is 11.6 Å². The monoisotopic (exact) mass is 503 g/mol. The van der Waals surface area contributed by atoms with E-state index in [1.54, 1.807) is 24.3 Å². The number of methoxy groups -OCH3 is 1. The molecular weight excluding hydrogens is 482 g/mol. The third-order valence-electron chi connectivity index (χ3n) is 5.53. The molecule has 3 amide bonds. The van der Waals surface area contributed by atoms with Crippen molar-refractivity contribution in [2.24, 2.45) is 0 Å². The summed E-state index contributed by atoms with van der Waals surface area (Å²) in [6.07, 6.45) is 0.719. The molecule has 0 aromatic heterocycles. The van der Waals surface area contributed by atoms with Gasteiger partial charge in [0.1, 0.15) is 10.7 Å². The first-order valence-electron chi connectivity index (χ1n) is 11.0. The van der Waals surface area contributed by atoms with Crippen LogP contribution in [0.1, 0.15) is 26.3 Å². The smallest absolute Gasteiger partial charge is 0.337 e. The second kappa shape index (κ2) is 10.9. The van der Waals surface area contributed by atoms with Crippen molar-refractivity contribution in [2.75, 3.05) is 23.9 Å². The van der Waals surface area contributed by atoms with Crippen molar-refractivity contribution in [1.82, 2.24) is 5.32 Å². The van der Waals surface area contributed by atoms with Crippen molar-refractivity contribution < 1.29 is 23.9 Å². The Balaban J connectivity index is 1.39. The topological polar surface area (TPSA) is 105 Å². The van der Waals surface area contributed by atoms with Gasteiger partial charge < -0.3 is 15.4 Å².